The topological polar surface area (TPSA) is 46.5 Å². The minimum Gasteiger partial charge on any atom is -0.478 e. The average Bonchev–Trinajstić information content (AvgIpc) is 2.46. The van der Waals surface area contributed by atoms with Gasteiger partial charge in [0.1, 0.15) is 5.75 Å². The van der Waals surface area contributed by atoms with Gasteiger partial charge in [0.05, 0.1) is 5.57 Å². The van der Waals surface area contributed by atoms with Crippen LogP contribution in [0.4, 0.5) is 8.78 Å². The minimum atomic E-state index is -2.88. The first-order chi connectivity index (χ1) is 10.1. The van der Waals surface area contributed by atoms with Crippen LogP contribution in [0, 0.1) is 0 Å². The summed E-state index contributed by atoms with van der Waals surface area (Å²) in [7, 11) is 0. The Morgan fingerprint density at radius 1 is 1.05 bits per heavy atom. The molecule has 0 radical (unpaired) electrons. The molecule has 0 atom stereocenters. The number of aliphatic carboxylic acids is 1. The van der Waals surface area contributed by atoms with Crippen molar-refractivity contribution in [1.29, 1.82) is 0 Å². The lowest BCUT2D eigenvalue weighted by atomic mass is 10.0. The third kappa shape index (κ3) is 4.14. The number of carboxylic acid groups (broad SMARTS) is 1. The predicted octanol–water partition coefficient (Wildman–Crippen LogP) is 3.91. The molecule has 0 saturated carbocycles. The first-order valence-corrected chi connectivity index (χ1v) is 6.11. The van der Waals surface area contributed by atoms with Crippen LogP contribution in [-0.2, 0) is 4.79 Å². The first-order valence-electron chi connectivity index (χ1n) is 6.11. The monoisotopic (exact) mass is 290 g/mol. The molecule has 2 aromatic carbocycles. The van der Waals surface area contributed by atoms with E-state index in [9.17, 15) is 18.7 Å². The Morgan fingerprint density at radius 3 is 2.19 bits per heavy atom. The van der Waals surface area contributed by atoms with Gasteiger partial charge >= 0.3 is 12.6 Å². The summed E-state index contributed by atoms with van der Waals surface area (Å²) in [5.74, 6) is -1.03. The van der Waals surface area contributed by atoms with E-state index in [4.69, 9.17) is 0 Å². The largest absolute Gasteiger partial charge is 0.478 e. The van der Waals surface area contributed by atoms with Crippen LogP contribution in [0.2, 0.25) is 0 Å². The van der Waals surface area contributed by atoms with Crippen LogP contribution in [0.1, 0.15) is 11.1 Å². The van der Waals surface area contributed by atoms with Crippen molar-refractivity contribution in [2.45, 2.75) is 6.61 Å². The summed E-state index contributed by atoms with van der Waals surface area (Å²) < 4.78 is 28.3. The molecule has 3 nitrogen and oxygen atoms in total. The molecule has 108 valence electrons. The van der Waals surface area contributed by atoms with Gasteiger partial charge in [0.25, 0.3) is 0 Å². The Bertz CT molecular complexity index is 634. The third-order valence-electron chi connectivity index (χ3n) is 2.73. The van der Waals surface area contributed by atoms with E-state index in [0.717, 1.165) is 0 Å². The number of hydrogen-bond donors (Lipinski definition) is 1. The Morgan fingerprint density at radius 2 is 1.67 bits per heavy atom. The number of carbonyl (C=O) groups is 1. The fourth-order valence-corrected chi connectivity index (χ4v) is 1.80. The van der Waals surface area contributed by atoms with Gasteiger partial charge in [0, 0.05) is 0 Å². The van der Waals surface area contributed by atoms with Gasteiger partial charge in [0.15, 0.2) is 0 Å². The van der Waals surface area contributed by atoms with Crippen molar-refractivity contribution in [3.05, 3.63) is 65.7 Å². The first kappa shape index (κ1) is 14.7. The summed E-state index contributed by atoms with van der Waals surface area (Å²) in [4.78, 5) is 11.3. The Labute approximate surface area is 120 Å². The van der Waals surface area contributed by atoms with Crippen LogP contribution >= 0.6 is 0 Å². The van der Waals surface area contributed by atoms with Crippen molar-refractivity contribution in [3.8, 4) is 5.75 Å². The van der Waals surface area contributed by atoms with Crippen molar-refractivity contribution in [2.75, 3.05) is 0 Å². The van der Waals surface area contributed by atoms with Crippen LogP contribution in [0.3, 0.4) is 0 Å². The smallest absolute Gasteiger partial charge is 0.387 e. The minimum absolute atomic E-state index is 0.0266. The maximum absolute atomic E-state index is 12.0. The summed E-state index contributed by atoms with van der Waals surface area (Å²) in [6, 6.07) is 14.4. The molecule has 0 spiro atoms. The number of ether oxygens (including phenoxy) is 1. The Hall–Kier alpha value is -2.69. The fraction of sp³-hybridized carbons (Fsp3) is 0.0625. The molecule has 1 N–H and O–H groups in total. The van der Waals surface area contributed by atoms with Crippen LogP contribution < -0.4 is 4.74 Å². The zero-order valence-electron chi connectivity index (χ0n) is 10.9. The van der Waals surface area contributed by atoms with Gasteiger partial charge < -0.3 is 9.84 Å². The highest BCUT2D eigenvalue weighted by molar-refractivity contribution is 6.20. The van der Waals surface area contributed by atoms with Gasteiger partial charge in [-0.15, -0.1) is 0 Å². The molecule has 0 unspecified atom stereocenters. The number of hydrogen-bond acceptors (Lipinski definition) is 2. The molecule has 0 saturated heterocycles. The van der Waals surface area contributed by atoms with Gasteiger partial charge in [-0.25, -0.2) is 4.79 Å². The fourth-order valence-electron chi connectivity index (χ4n) is 1.80. The quantitative estimate of drug-likeness (QED) is 0.670. The van der Waals surface area contributed by atoms with E-state index in [2.05, 4.69) is 4.74 Å². The van der Waals surface area contributed by atoms with Crippen LogP contribution in [0.25, 0.3) is 11.6 Å². The lowest BCUT2D eigenvalue weighted by molar-refractivity contribution is -0.130. The maximum atomic E-state index is 12.0. The van der Waals surface area contributed by atoms with Crippen LogP contribution in [-0.4, -0.2) is 17.7 Å². The van der Waals surface area contributed by atoms with Gasteiger partial charge in [-0.3, -0.25) is 0 Å². The zero-order valence-corrected chi connectivity index (χ0v) is 10.9. The number of carboxylic acids is 1. The summed E-state index contributed by atoms with van der Waals surface area (Å²) >= 11 is 0. The molecule has 2 rings (SSSR count). The molecule has 2 aromatic rings. The second-order valence-corrected chi connectivity index (χ2v) is 4.18. The lowest BCUT2D eigenvalue weighted by Crippen LogP contribution is -2.01. The number of alkyl halides is 2. The molecular weight excluding hydrogens is 278 g/mol. The number of halogens is 2. The number of rotatable bonds is 5. The average molecular weight is 290 g/mol. The van der Waals surface area contributed by atoms with Crippen molar-refractivity contribution in [3.63, 3.8) is 0 Å². The molecule has 0 heterocycles. The normalized spacial score (nSPS) is 11.5. The van der Waals surface area contributed by atoms with E-state index in [1.165, 1.54) is 30.3 Å². The summed E-state index contributed by atoms with van der Waals surface area (Å²) in [6.45, 7) is -2.88. The molecular formula is C16H12F2O3. The van der Waals surface area contributed by atoms with Crippen molar-refractivity contribution in [2.24, 2.45) is 0 Å². The highest BCUT2D eigenvalue weighted by atomic mass is 19.3. The van der Waals surface area contributed by atoms with E-state index >= 15 is 0 Å². The Balaban J connectivity index is 2.29. The van der Waals surface area contributed by atoms with Crippen molar-refractivity contribution >= 4 is 17.6 Å². The maximum Gasteiger partial charge on any atom is 0.387 e. The molecule has 0 fully saturated rings. The zero-order chi connectivity index (χ0) is 15.2. The molecule has 0 aliphatic carbocycles. The summed E-state index contributed by atoms with van der Waals surface area (Å²) in [6.07, 6.45) is 1.48. The van der Waals surface area contributed by atoms with E-state index < -0.39 is 12.6 Å². The van der Waals surface area contributed by atoms with Crippen LogP contribution in [0.15, 0.2) is 54.6 Å². The van der Waals surface area contributed by atoms with Crippen molar-refractivity contribution < 1.29 is 23.4 Å². The highest BCUT2D eigenvalue weighted by Crippen LogP contribution is 2.21. The molecule has 5 heteroatoms. The lowest BCUT2D eigenvalue weighted by Gasteiger charge is -2.05. The molecule has 0 bridgehead atoms. The number of benzene rings is 2. The van der Waals surface area contributed by atoms with E-state index in [1.807, 2.05) is 0 Å². The van der Waals surface area contributed by atoms with Crippen LogP contribution in [0.5, 0.6) is 5.75 Å². The Kier molecular flexibility index (Phi) is 4.66. The van der Waals surface area contributed by atoms with Crippen molar-refractivity contribution in [1.82, 2.24) is 0 Å². The SMILES string of the molecule is O=C(O)/C(=C/c1ccc(OC(F)F)cc1)c1ccccc1. The third-order valence-corrected chi connectivity index (χ3v) is 2.73. The molecule has 0 aliphatic heterocycles. The van der Waals surface area contributed by atoms with E-state index in [-0.39, 0.29) is 11.3 Å². The molecule has 0 amide bonds. The van der Waals surface area contributed by atoms with Gasteiger partial charge in [-0.1, -0.05) is 42.5 Å². The molecule has 21 heavy (non-hydrogen) atoms. The van der Waals surface area contributed by atoms with Gasteiger partial charge in [0.2, 0.25) is 0 Å². The molecule has 0 aliphatic rings. The second kappa shape index (κ2) is 6.65. The van der Waals surface area contributed by atoms with E-state index in [1.54, 1.807) is 30.3 Å². The predicted molar refractivity (Wildman–Crippen MR) is 75.0 cm³/mol. The molecule has 0 aromatic heterocycles. The summed E-state index contributed by atoms with van der Waals surface area (Å²) in [5.41, 5.74) is 1.27. The highest BCUT2D eigenvalue weighted by Gasteiger charge is 2.10. The second-order valence-electron chi connectivity index (χ2n) is 4.18. The van der Waals surface area contributed by atoms with E-state index in [0.29, 0.717) is 11.1 Å². The van der Waals surface area contributed by atoms with Gasteiger partial charge in [-0.2, -0.15) is 8.78 Å². The standard InChI is InChI=1S/C16H12F2O3/c17-16(18)21-13-8-6-11(7-9-13)10-14(15(19)20)12-4-2-1-3-5-12/h1-10,16H,(H,19,20)/b14-10+. The van der Waals surface area contributed by atoms with Gasteiger partial charge in [-0.05, 0) is 29.3 Å². The summed E-state index contributed by atoms with van der Waals surface area (Å²) in [5, 5.41) is 9.27.